The van der Waals surface area contributed by atoms with Gasteiger partial charge in [0, 0.05) is 23.6 Å². The van der Waals surface area contributed by atoms with Gasteiger partial charge in [0.05, 0.1) is 0 Å². The van der Waals surface area contributed by atoms with Crippen LogP contribution in [-0.4, -0.2) is 27.6 Å². The van der Waals surface area contributed by atoms with Crippen LogP contribution in [-0.2, 0) is 4.79 Å². The van der Waals surface area contributed by atoms with E-state index in [-0.39, 0.29) is 5.91 Å². The normalized spacial score (nSPS) is 11.9. The molecule has 2 N–H and O–H groups in total. The zero-order chi connectivity index (χ0) is 15.2. The first-order valence-electron chi connectivity index (χ1n) is 6.89. The molecule has 0 aliphatic carbocycles. The van der Waals surface area contributed by atoms with Gasteiger partial charge in [-0.15, -0.1) is 0 Å². The molecule has 5 nitrogen and oxygen atoms in total. The van der Waals surface area contributed by atoms with E-state index in [9.17, 15) is 9.59 Å². The molecule has 110 valence electrons. The first kappa shape index (κ1) is 14.8. The molecule has 21 heavy (non-hydrogen) atoms. The third kappa shape index (κ3) is 3.72. The van der Waals surface area contributed by atoms with Crippen LogP contribution in [0.25, 0.3) is 5.69 Å². The number of amides is 1. The number of aliphatic carboxylic acids is 1. The summed E-state index contributed by atoms with van der Waals surface area (Å²) in [5.74, 6) is -1.38. The van der Waals surface area contributed by atoms with Crippen LogP contribution in [0.15, 0.2) is 48.8 Å². The molecule has 0 aliphatic rings. The maximum Gasteiger partial charge on any atom is 0.326 e. The molecule has 2 rings (SSSR count). The second-order valence-corrected chi connectivity index (χ2v) is 4.79. The Bertz CT molecular complexity index is 620. The molecule has 1 atom stereocenters. The summed E-state index contributed by atoms with van der Waals surface area (Å²) in [5, 5.41) is 11.6. The second kappa shape index (κ2) is 6.74. The summed E-state index contributed by atoms with van der Waals surface area (Å²) in [4.78, 5) is 23.3. The lowest BCUT2D eigenvalue weighted by Crippen LogP contribution is -2.40. The Balaban J connectivity index is 2.16. The summed E-state index contributed by atoms with van der Waals surface area (Å²) in [6.07, 6.45) is 4.88. The van der Waals surface area contributed by atoms with E-state index in [1.54, 1.807) is 18.2 Å². The van der Waals surface area contributed by atoms with Gasteiger partial charge in [-0.05, 0) is 36.8 Å². The number of carboxylic acids is 1. The van der Waals surface area contributed by atoms with Gasteiger partial charge in [-0.25, -0.2) is 4.79 Å². The molecule has 2 aromatic rings. The second-order valence-electron chi connectivity index (χ2n) is 4.79. The summed E-state index contributed by atoms with van der Waals surface area (Å²) in [6, 6.07) is 10.0. The van der Waals surface area contributed by atoms with Crippen molar-refractivity contribution in [2.75, 3.05) is 0 Å². The van der Waals surface area contributed by atoms with E-state index in [4.69, 9.17) is 5.11 Å². The Morgan fingerprint density at radius 2 is 1.95 bits per heavy atom. The minimum Gasteiger partial charge on any atom is -0.480 e. The van der Waals surface area contributed by atoms with Gasteiger partial charge in [0.1, 0.15) is 6.04 Å². The van der Waals surface area contributed by atoms with Gasteiger partial charge in [-0.3, -0.25) is 4.79 Å². The van der Waals surface area contributed by atoms with Gasteiger partial charge in [0.2, 0.25) is 0 Å². The van der Waals surface area contributed by atoms with E-state index in [0.29, 0.717) is 18.4 Å². The van der Waals surface area contributed by atoms with Gasteiger partial charge >= 0.3 is 5.97 Å². The van der Waals surface area contributed by atoms with Gasteiger partial charge in [0.25, 0.3) is 5.91 Å². The number of nitrogens with one attached hydrogen (secondary N) is 1. The Kier molecular flexibility index (Phi) is 4.77. The quantitative estimate of drug-likeness (QED) is 0.857. The maximum absolute atomic E-state index is 12.2. The molecule has 0 bridgehead atoms. The van der Waals surface area contributed by atoms with Crippen LogP contribution in [0.1, 0.15) is 30.1 Å². The zero-order valence-corrected chi connectivity index (χ0v) is 11.8. The zero-order valence-electron chi connectivity index (χ0n) is 11.8. The standard InChI is InChI=1S/C16H18N2O3/c1-2-6-14(16(20)21)17-15(19)12-7-5-8-13(11-12)18-9-3-4-10-18/h3-5,7-11,14H,2,6H2,1H3,(H,17,19)(H,20,21)/t14-/m0/s1. The third-order valence-corrected chi connectivity index (χ3v) is 3.19. The van der Waals surface area contributed by atoms with Crippen molar-refractivity contribution in [1.82, 2.24) is 9.88 Å². The van der Waals surface area contributed by atoms with Gasteiger partial charge in [-0.1, -0.05) is 19.4 Å². The topological polar surface area (TPSA) is 71.3 Å². The van der Waals surface area contributed by atoms with Crippen molar-refractivity contribution < 1.29 is 14.7 Å². The van der Waals surface area contributed by atoms with E-state index in [2.05, 4.69) is 5.32 Å². The number of carboxylic acid groups (broad SMARTS) is 1. The average Bonchev–Trinajstić information content (AvgIpc) is 3.01. The summed E-state index contributed by atoms with van der Waals surface area (Å²) in [5.41, 5.74) is 1.30. The van der Waals surface area contributed by atoms with Crippen molar-refractivity contribution in [3.8, 4) is 5.69 Å². The van der Waals surface area contributed by atoms with Crippen molar-refractivity contribution in [3.63, 3.8) is 0 Å². The molecular weight excluding hydrogens is 268 g/mol. The highest BCUT2D eigenvalue weighted by atomic mass is 16.4. The van der Waals surface area contributed by atoms with Crippen LogP contribution in [0.5, 0.6) is 0 Å². The molecule has 5 heteroatoms. The monoisotopic (exact) mass is 286 g/mol. The molecule has 0 unspecified atom stereocenters. The highest BCUT2D eigenvalue weighted by Gasteiger charge is 2.19. The fourth-order valence-electron chi connectivity index (χ4n) is 2.10. The van der Waals surface area contributed by atoms with Crippen LogP contribution in [0.3, 0.4) is 0 Å². The number of nitrogens with zero attached hydrogens (tertiary/aromatic N) is 1. The van der Waals surface area contributed by atoms with Crippen molar-refractivity contribution in [1.29, 1.82) is 0 Å². The largest absolute Gasteiger partial charge is 0.480 e. The van der Waals surface area contributed by atoms with Crippen molar-refractivity contribution in [2.45, 2.75) is 25.8 Å². The minimum absolute atomic E-state index is 0.371. The molecule has 1 heterocycles. The maximum atomic E-state index is 12.2. The Morgan fingerprint density at radius 3 is 2.57 bits per heavy atom. The lowest BCUT2D eigenvalue weighted by molar-refractivity contribution is -0.139. The molecule has 0 fully saturated rings. The summed E-state index contributed by atoms with van der Waals surface area (Å²) in [7, 11) is 0. The van der Waals surface area contributed by atoms with E-state index < -0.39 is 12.0 Å². The number of benzene rings is 1. The number of carbonyl (C=O) groups is 2. The Labute approximate surface area is 123 Å². The molecule has 0 radical (unpaired) electrons. The lowest BCUT2D eigenvalue weighted by Gasteiger charge is -2.14. The van der Waals surface area contributed by atoms with Crippen LogP contribution >= 0.6 is 0 Å². The predicted octanol–water partition coefficient (Wildman–Crippen LogP) is 2.46. The number of rotatable bonds is 6. The van der Waals surface area contributed by atoms with Crippen LogP contribution in [0.2, 0.25) is 0 Å². The molecule has 1 amide bonds. The summed E-state index contributed by atoms with van der Waals surface area (Å²) < 4.78 is 1.89. The van der Waals surface area contributed by atoms with E-state index in [1.165, 1.54) is 0 Å². The number of carbonyl (C=O) groups excluding carboxylic acids is 1. The van der Waals surface area contributed by atoms with E-state index in [0.717, 1.165) is 5.69 Å². The fourth-order valence-corrected chi connectivity index (χ4v) is 2.10. The average molecular weight is 286 g/mol. The molecule has 1 aromatic carbocycles. The number of hydrogen-bond acceptors (Lipinski definition) is 2. The molecule has 0 saturated carbocycles. The van der Waals surface area contributed by atoms with Gasteiger partial charge in [-0.2, -0.15) is 0 Å². The van der Waals surface area contributed by atoms with Crippen LogP contribution < -0.4 is 5.32 Å². The molecular formula is C16H18N2O3. The van der Waals surface area contributed by atoms with Gasteiger partial charge in [0.15, 0.2) is 0 Å². The Hall–Kier alpha value is -2.56. The highest BCUT2D eigenvalue weighted by molar-refractivity contribution is 5.97. The first-order chi connectivity index (χ1) is 10.1. The highest BCUT2D eigenvalue weighted by Crippen LogP contribution is 2.11. The first-order valence-corrected chi connectivity index (χ1v) is 6.89. The molecule has 0 saturated heterocycles. The third-order valence-electron chi connectivity index (χ3n) is 3.19. The minimum atomic E-state index is -1.01. The Morgan fingerprint density at radius 1 is 1.24 bits per heavy atom. The smallest absolute Gasteiger partial charge is 0.326 e. The lowest BCUT2D eigenvalue weighted by atomic mass is 10.1. The fraction of sp³-hybridized carbons (Fsp3) is 0.250. The van der Waals surface area contributed by atoms with E-state index >= 15 is 0 Å². The molecule has 1 aromatic heterocycles. The van der Waals surface area contributed by atoms with E-state index in [1.807, 2.05) is 42.1 Å². The van der Waals surface area contributed by atoms with Crippen LogP contribution in [0, 0.1) is 0 Å². The summed E-state index contributed by atoms with van der Waals surface area (Å²) in [6.45, 7) is 1.88. The van der Waals surface area contributed by atoms with Gasteiger partial charge < -0.3 is 15.0 Å². The van der Waals surface area contributed by atoms with Crippen molar-refractivity contribution in [3.05, 3.63) is 54.4 Å². The summed E-state index contributed by atoms with van der Waals surface area (Å²) >= 11 is 0. The molecule has 0 aliphatic heterocycles. The van der Waals surface area contributed by atoms with Crippen molar-refractivity contribution >= 4 is 11.9 Å². The van der Waals surface area contributed by atoms with Crippen molar-refractivity contribution in [2.24, 2.45) is 0 Å². The predicted molar refractivity (Wildman–Crippen MR) is 79.6 cm³/mol. The number of aromatic nitrogens is 1. The molecule has 0 spiro atoms. The van der Waals surface area contributed by atoms with Crippen LogP contribution in [0.4, 0.5) is 0 Å². The SMILES string of the molecule is CCC[C@H](NC(=O)c1cccc(-n2cccc2)c1)C(=O)O. The number of hydrogen-bond donors (Lipinski definition) is 2.